The van der Waals surface area contributed by atoms with Gasteiger partial charge in [0.05, 0.1) is 36.0 Å². The molecule has 25 heavy (non-hydrogen) atoms. The van der Waals surface area contributed by atoms with Gasteiger partial charge in [0.15, 0.2) is 11.5 Å². The van der Waals surface area contributed by atoms with Crippen LogP contribution in [0.2, 0.25) is 5.02 Å². The summed E-state index contributed by atoms with van der Waals surface area (Å²) in [6.45, 7) is 5.23. The summed E-state index contributed by atoms with van der Waals surface area (Å²) in [7, 11) is 1.61. The molecule has 1 N–H and O–H groups in total. The second-order valence-corrected chi connectivity index (χ2v) is 6.54. The minimum atomic E-state index is -0.205. The van der Waals surface area contributed by atoms with Crippen molar-refractivity contribution in [2.45, 2.75) is 26.8 Å². The van der Waals surface area contributed by atoms with Crippen molar-refractivity contribution in [1.82, 2.24) is 15.1 Å². The van der Waals surface area contributed by atoms with Crippen LogP contribution in [-0.2, 0) is 17.8 Å². The molecular formula is C18H22ClN3O3. The number of methoxy groups -OCH3 is 1. The Bertz CT molecular complexity index is 788. The quantitative estimate of drug-likeness (QED) is 0.886. The van der Waals surface area contributed by atoms with Crippen LogP contribution in [0.4, 0.5) is 0 Å². The van der Waals surface area contributed by atoms with Gasteiger partial charge in [-0.2, -0.15) is 5.10 Å². The molecule has 134 valence electrons. The van der Waals surface area contributed by atoms with Gasteiger partial charge in [0.1, 0.15) is 6.61 Å². The third-order valence-electron chi connectivity index (χ3n) is 4.46. The van der Waals surface area contributed by atoms with E-state index in [1.807, 2.05) is 36.7 Å². The largest absolute Gasteiger partial charge is 0.493 e. The standard InChI is InChI=1S/C18H22ClN3O3/c1-11-16(19)12(2)22(21-11)8-7-20-18(23)14-9-13-5-4-6-15(24-3)17(13)25-10-14/h4-6,14H,7-10H2,1-3H3,(H,20,23)/t14-/m0/s1. The molecule has 1 amide bonds. The van der Waals surface area contributed by atoms with Crippen molar-refractivity contribution in [2.24, 2.45) is 5.92 Å². The van der Waals surface area contributed by atoms with Gasteiger partial charge in [0, 0.05) is 6.54 Å². The van der Waals surface area contributed by atoms with E-state index in [9.17, 15) is 4.79 Å². The molecule has 0 unspecified atom stereocenters. The average Bonchev–Trinajstić information content (AvgIpc) is 2.87. The van der Waals surface area contributed by atoms with Gasteiger partial charge < -0.3 is 14.8 Å². The summed E-state index contributed by atoms with van der Waals surface area (Å²) in [6, 6.07) is 5.74. The number of carbonyl (C=O) groups excluding carboxylic acids is 1. The van der Waals surface area contributed by atoms with E-state index in [-0.39, 0.29) is 11.8 Å². The number of nitrogens with one attached hydrogen (secondary N) is 1. The van der Waals surface area contributed by atoms with Crippen molar-refractivity contribution in [3.63, 3.8) is 0 Å². The first-order valence-corrected chi connectivity index (χ1v) is 8.65. The van der Waals surface area contributed by atoms with Gasteiger partial charge in [-0.3, -0.25) is 9.48 Å². The maximum absolute atomic E-state index is 12.4. The predicted octanol–water partition coefficient (Wildman–Crippen LogP) is 2.53. The number of fused-ring (bicyclic) bond motifs is 1. The Kier molecular flexibility index (Phi) is 5.18. The van der Waals surface area contributed by atoms with Crippen molar-refractivity contribution in [2.75, 3.05) is 20.3 Å². The fourth-order valence-corrected chi connectivity index (χ4v) is 3.18. The molecule has 3 rings (SSSR count). The number of hydrogen-bond acceptors (Lipinski definition) is 4. The van der Waals surface area contributed by atoms with Gasteiger partial charge in [-0.25, -0.2) is 0 Å². The number of hydrogen-bond donors (Lipinski definition) is 1. The highest BCUT2D eigenvalue weighted by atomic mass is 35.5. The molecule has 1 aliphatic rings. The summed E-state index contributed by atoms with van der Waals surface area (Å²) < 4.78 is 12.9. The molecule has 0 fully saturated rings. The number of benzene rings is 1. The third kappa shape index (κ3) is 3.58. The lowest BCUT2D eigenvalue weighted by molar-refractivity contribution is -0.126. The molecule has 0 saturated heterocycles. The highest BCUT2D eigenvalue weighted by Gasteiger charge is 2.27. The smallest absolute Gasteiger partial charge is 0.226 e. The topological polar surface area (TPSA) is 65.4 Å². The average molecular weight is 364 g/mol. The SMILES string of the molecule is COc1cccc2c1OC[C@@H](C(=O)NCCn1nc(C)c(Cl)c1C)C2. The van der Waals surface area contributed by atoms with Crippen molar-refractivity contribution in [1.29, 1.82) is 0 Å². The Morgan fingerprint density at radius 2 is 2.28 bits per heavy atom. The molecule has 1 aromatic carbocycles. The fraction of sp³-hybridized carbons (Fsp3) is 0.444. The van der Waals surface area contributed by atoms with Crippen LogP contribution in [0.15, 0.2) is 18.2 Å². The number of aromatic nitrogens is 2. The zero-order valence-corrected chi connectivity index (χ0v) is 15.4. The second-order valence-electron chi connectivity index (χ2n) is 6.16. The van der Waals surface area contributed by atoms with Gasteiger partial charge in [-0.05, 0) is 31.9 Å². The summed E-state index contributed by atoms with van der Waals surface area (Å²) >= 11 is 6.14. The first kappa shape index (κ1) is 17.6. The van der Waals surface area contributed by atoms with Crippen LogP contribution in [0, 0.1) is 19.8 Å². The molecule has 1 aliphatic heterocycles. The van der Waals surface area contributed by atoms with E-state index in [1.165, 1.54) is 0 Å². The zero-order valence-electron chi connectivity index (χ0n) is 14.6. The van der Waals surface area contributed by atoms with Crippen LogP contribution in [-0.4, -0.2) is 35.9 Å². The molecule has 6 nitrogen and oxygen atoms in total. The normalized spacial score (nSPS) is 16.1. The number of rotatable bonds is 5. The van der Waals surface area contributed by atoms with E-state index >= 15 is 0 Å². The monoisotopic (exact) mass is 363 g/mol. The lowest BCUT2D eigenvalue weighted by atomic mass is 9.95. The Labute approximate surface area is 152 Å². The van der Waals surface area contributed by atoms with Crippen LogP contribution in [0.1, 0.15) is 17.0 Å². The van der Waals surface area contributed by atoms with Crippen molar-refractivity contribution >= 4 is 17.5 Å². The van der Waals surface area contributed by atoms with Gasteiger partial charge in [-0.1, -0.05) is 23.7 Å². The van der Waals surface area contributed by atoms with E-state index < -0.39 is 0 Å². The van der Waals surface area contributed by atoms with Crippen LogP contribution in [0.25, 0.3) is 0 Å². The van der Waals surface area contributed by atoms with Crippen molar-refractivity contribution in [3.8, 4) is 11.5 Å². The van der Waals surface area contributed by atoms with E-state index in [0.717, 1.165) is 22.7 Å². The van der Waals surface area contributed by atoms with E-state index in [4.69, 9.17) is 21.1 Å². The van der Waals surface area contributed by atoms with Gasteiger partial charge >= 0.3 is 0 Å². The molecule has 2 heterocycles. The van der Waals surface area contributed by atoms with Gasteiger partial charge in [-0.15, -0.1) is 0 Å². The van der Waals surface area contributed by atoms with Gasteiger partial charge in [0.25, 0.3) is 0 Å². The van der Waals surface area contributed by atoms with E-state index in [0.29, 0.717) is 36.9 Å². The summed E-state index contributed by atoms with van der Waals surface area (Å²) in [5.74, 6) is 1.23. The number of ether oxygens (including phenoxy) is 2. The first-order valence-electron chi connectivity index (χ1n) is 8.27. The Morgan fingerprint density at radius 1 is 1.48 bits per heavy atom. The van der Waals surface area contributed by atoms with E-state index in [2.05, 4.69) is 10.4 Å². The zero-order chi connectivity index (χ0) is 18.0. The summed E-state index contributed by atoms with van der Waals surface area (Å²) in [4.78, 5) is 12.4. The molecule has 0 bridgehead atoms. The van der Waals surface area contributed by atoms with Crippen LogP contribution in [0.5, 0.6) is 11.5 Å². The predicted molar refractivity (Wildman–Crippen MR) is 95.4 cm³/mol. The lowest BCUT2D eigenvalue weighted by Crippen LogP contribution is -2.38. The Balaban J connectivity index is 1.56. The molecule has 7 heteroatoms. The molecular weight excluding hydrogens is 342 g/mol. The van der Waals surface area contributed by atoms with Gasteiger partial charge in [0.2, 0.25) is 5.91 Å². The second kappa shape index (κ2) is 7.35. The molecule has 0 radical (unpaired) electrons. The third-order valence-corrected chi connectivity index (χ3v) is 5.01. The minimum absolute atomic E-state index is 0.0129. The fourth-order valence-electron chi connectivity index (χ4n) is 3.05. The van der Waals surface area contributed by atoms with Crippen molar-refractivity contribution < 1.29 is 14.3 Å². The number of aryl methyl sites for hydroxylation is 1. The molecule has 0 spiro atoms. The number of halogens is 1. The van der Waals surface area contributed by atoms with Crippen LogP contribution < -0.4 is 14.8 Å². The highest BCUT2D eigenvalue weighted by molar-refractivity contribution is 6.31. The van der Waals surface area contributed by atoms with Crippen LogP contribution >= 0.6 is 11.6 Å². The lowest BCUT2D eigenvalue weighted by Gasteiger charge is -2.25. The number of nitrogens with zero attached hydrogens (tertiary/aromatic N) is 2. The highest BCUT2D eigenvalue weighted by Crippen LogP contribution is 2.36. The molecule has 2 aromatic rings. The molecule has 1 atom stereocenters. The van der Waals surface area contributed by atoms with E-state index in [1.54, 1.807) is 7.11 Å². The summed E-state index contributed by atoms with van der Waals surface area (Å²) in [5.41, 5.74) is 2.71. The molecule has 0 saturated carbocycles. The number of para-hydroxylation sites is 1. The van der Waals surface area contributed by atoms with Crippen LogP contribution in [0.3, 0.4) is 0 Å². The molecule has 1 aromatic heterocycles. The summed E-state index contributed by atoms with van der Waals surface area (Å²) in [5, 5.41) is 8.00. The molecule has 0 aliphatic carbocycles. The first-order chi connectivity index (χ1) is 12.0. The maximum atomic E-state index is 12.4. The van der Waals surface area contributed by atoms with Crippen molar-refractivity contribution in [3.05, 3.63) is 40.2 Å². The number of amides is 1. The maximum Gasteiger partial charge on any atom is 0.226 e. The Hall–Kier alpha value is -2.21. The Morgan fingerprint density at radius 3 is 2.96 bits per heavy atom. The summed E-state index contributed by atoms with van der Waals surface area (Å²) in [6.07, 6.45) is 0.643. The number of carbonyl (C=O) groups is 1. The minimum Gasteiger partial charge on any atom is -0.493 e.